The van der Waals surface area contributed by atoms with Gasteiger partial charge in [0.2, 0.25) is 0 Å². The molecule has 1 amide bonds. The van der Waals surface area contributed by atoms with Gasteiger partial charge in [-0.25, -0.2) is 4.99 Å². The van der Waals surface area contributed by atoms with Crippen LogP contribution in [0.3, 0.4) is 0 Å². The molecular weight excluding hydrogens is 358 g/mol. The molecule has 0 atom stereocenters. The second-order valence-corrected chi connectivity index (χ2v) is 6.17. The van der Waals surface area contributed by atoms with Gasteiger partial charge < -0.3 is 15.2 Å². The van der Waals surface area contributed by atoms with E-state index in [9.17, 15) is 24.8 Å². The van der Waals surface area contributed by atoms with E-state index in [-0.39, 0.29) is 27.0 Å². The van der Waals surface area contributed by atoms with Crippen molar-refractivity contribution >= 4 is 46.3 Å². The number of rotatable bonds is 4. The SMILES string of the molecule is O=C1NC(=Nc2ccccc2C(=O)[O-])S/C1=C\c1cccc([N+](=O)[O-])c1. The highest BCUT2D eigenvalue weighted by molar-refractivity contribution is 8.18. The van der Waals surface area contributed by atoms with E-state index in [1.165, 1.54) is 36.4 Å². The van der Waals surface area contributed by atoms with Crippen molar-refractivity contribution in [3.05, 3.63) is 74.7 Å². The summed E-state index contributed by atoms with van der Waals surface area (Å²) in [6.07, 6.45) is 1.50. The number of amides is 1. The number of amidine groups is 1. The van der Waals surface area contributed by atoms with E-state index in [2.05, 4.69) is 10.3 Å². The molecule has 0 radical (unpaired) electrons. The van der Waals surface area contributed by atoms with Gasteiger partial charge in [0.1, 0.15) is 0 Å². The highest BCUT2D eigenvalue weighted by Gasteiger charge is 2.24. The first-order chi connectivity index (χ1) is 12.4. The minimum absolute atomic E-state index is 0.0838. The van der Waals surface area contributed by atoms with Crippen molar-refractivity contribution in [3.8, 4) is 0 Å². The van der Waals surface area contributed by atoms with Gasteiger partial charge in [-0.05, 0) is 29.5 Å². The first-order valence-electron chi connectivity index (χ1n) is 7.28. The highest BCUT2D eigenvalue weighted by atomic mass is 32.2. The normalized spacial score (nSPS) is 16.7. The second-order valence-electron chi connectivity index (χ2n) is 5.14. The van der Waals surface area contributed by atoms with Gasteiger partial charge in [0, 0.05) is 17.7 Å². The number of non-ortho nitro benzene ring substituents is 1. The number of carboxylic acids is 1. The number of carboxylic acid groups (broad SMARTS) is 1. The lowest BCUT2D eigenvalue weighted by Gasteiger charge is -2.06. The lowest BCUT2D eigenvalue weighted by atomic mass is 10.2. The lowest BCUT2D eigenvalue weighted by molar-refractivity contribution is -0.384. The van der Waals surface area contributed by atoms with Crippen molar-refractivity contribution in [1.82, 2.24) is 5.32 Å². The summed E-state index contributed by atoms with van der Waals surface area (Å²) in [7, 11) is 0. The molecule has 1 fully saturated rings. The third-order valence-corrected chi connectivity index (χ3v) is 4.29. The maximum Gasteiger partial charge on any atom is 0.270 e. The third-order valence-electron chi connectivity index (χ3n) is 3.38. The molecule has 130 valence electrons. The van der Waals surface area contributed by atoms with E-state index < -0.39 is 16.8 Å². The predicted octanol–water partition coefficient (Wildman–Crippen LogP) is 1.85. The third kappa shape index (κ3) is 3.78. The van der Waals surface area contributed by atoms with E-state index in [1.54, 1.807) is 18.2 Å². The Morgan fingerprint density at radius 2 is 1.96 bits per heavy atom. The van der Waals surface area contributed by atoms with Crippen molar-refractivity contribution < 1.29 is 19.6 Å². The van der Waals surface area contributed by atoms with Gasteiger partial charge in [0.05, 0.1) is 21.5 Å². The molecule has 26 heavy (non-hydrogen) atoms. The first-order valence-corrected chi connectivity index (χ1v) is 8.10. The van der Waals surface area contributed by atoms with E-state index in [1.807, 2.05) is 0 Å². The smallest absolute Gasteiger partial charge is 0.270 e. The van der Waals surface area contributed by atoms with Crippen LogP contribution in [-0.4, -0.2) is 22.0 Å². The monoisotopic (exact) mass is 368 g/mol. The quantitative estimate of drug-likeness (QED) is 0.499. The van der Waals surface area contributed by atoms with Gasteiger partial charge in [-0.1, -0.05) is 30.3 Å². The van der Waals surface area contributed by atoms with Crippen LogP contribution in [0, 0.1) is 10.1 Å². The molecule has 8 nitrogen and oxygen atoms in total. The fraction of sp³-hybridized carbons (Fsp3) is 0. The maximum absolute atomic E-state index is 12.1. The van der Waals surface area contributed by atoms with Gasteiger partial charge in [-0.15, -0.1) is 0 Å². The number of hydrogen-bond donors (Lipinski definition) is 1. The van der Waals surface area contributed by atoms with Crippen LogP contribution in [0.25, 0.3) is 6.08 Å². The molecule has 0 aromatic heterocycles. The summed E-state index contributed by atoms with van der Waals surface area (Å²) in [4.78, 5) is 37.9. The van der Waals surface area contributed by atoms with Crippen LogP contribution in [0.4, 0.5) is 11.4 Å². The summed E-state index contributed by atoms with van der Waals surface area (Å²) in [6.45, 7) is 0. The van der Waals surface area contributed by atoms with E-state index >= 15 is 0 Å². The summed E-state index contributed by atoms with van der Waals surface area (Å²) in [5.41, 5.74) is 0.477. The molecular formula is C17H10N3O5S-. The predicted molar refractivity (Wildman–Crippen MR) is 94.7 cm³/mol. The molecule has 1 aliphatic rings. The fourth-order valence-electron chi connectivity index (χ4n) is 2.21. The van der Waals surface area contributed by atoms with Gasteiger partial charge in [0.15, 0.2) is 5.17 Å². The number of nitrogens with one attached hydrogen (secondary N) is 1. The number of nitrogens with zero attached hydrogens (tertiary/aromatic N) is 2. The Bertz CT molecular complexity index is 984. The number of aromatic carboxylic acids is 1. The minimum atomic E-state index is -1.37. The summed E-state index contributed by atoms with van der Waals surface area (Å²) in [5.74, 6) is -1.79. The average Bonchev–Trinajstić information content (AvgIpc) is 2.94. The topological polar surface area (TPSA) is 125 Å². The van der Waals surface area contributed by atoms with Crippen LogP contribution >= 0.6 is 11.8 Å². The summed E-state index contributed by atoms with van der Waals surface area (Å²) < 4.78 is 0. The van der Waals surface area contributed by atoms with Crippen molar-refractivity contribution in [2.24, 2.45) is 4.99 Å². The zero-order valence-corrected chi connectivity index (χ0v) is 13.9. The van der Waals surface area contributed by atoms with Gasteiger partial charge in [0.25, 0.3) is 11.6 Å². The van der Waals surface area contributed by atoms with E-state index in [0.29, 0.717) is 5.56 Å². The number of thioether (sulfide) groups is 1. The van der Waals surface area contributed by atoms with Crippen LogP contribution in [0.1, 0.15) is 15.9 Å². The van der Waals surface area contributed by atoms with Crippen LogP contribution in [0.2, 0.25) is 0 Å². The molecule has 0 unspecified atom stereocenters. The zero-order valence-electron chi connectivity index (χ0n) is 13.0. The van der Waals surface area contributed by atoms with Crippen LogP contribution < -0.4 is 10.4 Å². The van der Waals surface area contributed by atoms with Crippen LogP contribution in [0.15, 0.2) is 58.4 Å². The van der Waals surface area contributed by atoms with Crippen LogP contribution in [0.5, 0.6) is 0 Å². The second kappa shape index (κ2) is 7.19. The average molecular weight is 368 g/mol. The summed E-state index contributed by atoms with van der Waals surface area (Å²) in [5, 5.41) is 24.7. The Hall–Kier alpha value is -3.46. The molecule has 0 bridgehead atoms. The van der Waals surface area contributed by atoms with Crippen molar-refractivity contribution in [2.45, 2.75) is 0 Å². The molecule has 0 saturated carbocycles. The van der Waals surface area contributed by atoms with Crippen LogP contribution in [-0.2, 0) is 4.79 Å². The Kier molecular flexibility index (Phi) is 4.81. The maximum atomic E-state index is 12.1. The molecule has 0 spiro atoms. The number of benzene rings is 2. The summed E-state index contributed by atoms with van der Waals surface area (Å²) >= 11 is 1.01. The molecule has 1 saturated heterocycles. The molecule has 1 aliphatic heterocycles. The first kappa shape index (κ1) is 17.4. The lowest BCUT2D eigenvalue weighted by Crippen LogP contribution is -2.23. The Morgan fingerprint density at radius 1 is 1.19 bits per heavy atom. The van der Waals surface area contributed by atoms with Crippen molar-refractivity contribution in [2.75, 3.05) is 0 Å². The molecule has 2 aromatic carbocycles. The summed E-state index contributed by atoms with van der Waals surface area (Å²) in [6, 6.07) is 11.9. The van der Waals surface area contributed by atoms with Gasteiger partial charge in [-0.3, -0.25) is 14.9 Å². The molecule has 9 heteroatoms. The molecule has 1 N–H and O–H groups in total. The Balaban J connectivity index is 1.89. The number of para-hydroxylation sites is 1. The fourth-order valence-corrected chi connectivity index (χ4v) is 3.05. The number of nitro benzene ring substituents is 1. The number of carbonyl (C=O) groups is 2. The standard InChI is InChI=1S/C17H11N3O5S/c21-15-14(9-10-4-3-5-11(8-10)20(24)25)26-17(19-15)18-13-7-2-1-6-12(13)16(22)23/h1-9H,(H,22,23)(H,18,19,21)/p-1/b14-9-. The van der Waals surface area contributed by atoms with E-state index in [4.69, 9.17) is 0 Å². The van der Waals surface area contributed by atoms with Crippen molar-refractivity contribution in [1.29, 1.82) is 0 Å². The van der Waals surface area contributed by atoms with Gasteiger partial charge >= 0.3 is 0 Å². The molecule has 1 heterocycles. The largest absolute Gasteiger partial charge is 0.545 e. The number of nitro groups is 1. The zero-order chi connectivity index (χ0) is 18.7. The Labute approximate surface area is 151 Å². The molecule has 2 aromatic rings. The van der Waals surface area contributed by atoms with E-state index in [0.717, 1.165) is 11.8 Å². The number of carbonyl (C=O) groups excluding carboxylic acids is 2. The number of aliphatic imine (C=N–C) groups is 1. The molecule has 0 aliphatic carbocycles. The number of hydrogen-bond acceptors (Lipinski definition) is 7. The highest BCUT2D eigenvalue weighted by Crippen LogP contribution is 2.29. The Morgan fingerprint density at radius 3 is 2.69 bits per heavy atom. The van der Waals surface area contributed by atoms with Gasteiger partial charge in [-0.2, -0.15) is 0 Å². The van der Waals surface area contributed by atoms with Crippen molar-refractivity contribution in [3.63, 3.8) is 0 Å². The molecule has 3 rings (SSSR count). The minimum Gasteiger partial charge on any atom is -0.545 e.